The van der Waals surface area contributed by atoms with Crippen LogP contribution in [0, 0.1) is 5.92 Å². The van der Waals surface area contributed by atoms with Gasteiger partial charge in [-0.05, 0) is 61.6 Å². The van der Waals surface area contributed by atoms with E-state index in [9.17, 15) is 4.79 Å². The van der Waals surface area contributed by atoms with Gasteiger partial charge in [0.05, 0.1) is 6.54 Å². The lowest BCUT2D eigenvalue weighted by atomic mass is 9.90. The van der Waals surface area contributed by atoms with Crippen molar-refractivity contribution >= 4 is 41.5 Å². The van der Waals surface area contributed by atoms with Gasteiger partial charge < -0.3 is 16.4 Å². The average Bonchev–Trinajstić information content (AvgIpc) is 3.12. The second-order valence-electron chi connectivity index (χ2n) is 7.25. The van der Waals surface area contributed by atoms with E-state index < -0.39 is 0 Å². The van der Waals surface area contributed by atoms with Crippen LogP contribution in [-0.4, -0.2) is 25.0 Å². The minimum Gasteiger partial charge on any atom is -0.370 e. The molecular formula is C20H31IN4O. The summed E-state index contributed by atoms with van der Waals surface area (Å²) in [5.74, 6) is 1.15. The summed E-state index contributed by atoms with van der Waals surface area (Å²) in [6.45, 7) is 1.05. The summed E-state index contributed by atoms with van der Waals surface area (Å²) in [7, 11) is 0. The fraction of sp³-hybridized carbons (Fsp3) is 0.600. The van der Waals surface area contributed by atoms with Crippen molar-refractivity contribution in [2.45, 2.75) is 57.8 Å². The highest BCUT2D eigenvalue weighted by atomic mass is 127. The van der Waals surface area contributed by atoms with Crippen LogP contribution >= 0.6 is 24.0 Å². The third-order valence-corrected chi connectivity index (χ3v) is 5.32. The molecule has 0 spiro atoms. The van der Waals surface area contributed by atoms with E-state index in [0.717, 1.165) is 18.5 Å². The molecule has 3 rings (SSSR count). The van der Waals surface area contributed by atoms with Crippen LogP contribution in [0.2, 0.25) is 0 Å². The Morgan fingerprint density at radius 3 is 2.73 bits per heavy atom. The van der Waals surface area contributed by atoms with Crippen molar-refractivity contribution in [3.63, 3.8) is 0 Å². The summed E-state index contributed by atoms with van der Waals surface area (Å²) in [6, 6.07) is 6.34. The largest absolute Gasteiger partial charge is 0.370 e. The van der Waals surface area contributed by atoms with E-state index in [2.05, 4.69) is 33.8 Å². The summed E-state index contributed by atoms with van der Waals surface area (Å²) in [5, 5.41) is 6.18. The van der Waals surface area contributed by atoms with Gasteiger partial charge in [0.2, 0.25) is 5.91 Å². The molecule has 0 unspecified atom stereocenters. The summed E-state index contributed by atoms with van der Waals surface area (Å²) >= 11 is 0. The molecule has 4 N–H and O–H groups in total. The lowest BCUT2D eigenvalue weighted by molar-refractivity contribution is -0.121. The molecule has 0 heterocycles. The first kappa shape index (κ1) is 21.0. The van der Waals surface area contributed by atoms with Crippen molar-refractivity contribution in [1.82, 2.24) is 5.32 Å². The molecule has 1 saturated carbocycles. The highest BCUT2D eigenvalue weighted by Crippen LogP contribution is 2.28. The summed E-state index contributed by atoms with van der Waals surface area (Å²) in [5.41, 5.74) is 9.88. The Morgan fingerprint density at radius 2 is 1.92 bits per heavy atom. The second-order valence-corrected chi connectivity index (χ2v) is 7.25. The molecule has 0 radical (unpaired) electrons. The predicted molar refractivity (Wildman–Crippen MR) is 118 cm³/mol. The van der Waals surface area contributed by atoms with Crippen LogP contribution in [0.25, 0.3) is 0 Å². The Hall–Kier alpha value is -1.31. The van der Waals surface area contributed by atoms with Gasteiger partial charge >= 0.3 is 0 Å². The third-order valence-electron chi connectivity index (χ3n) is 5.32. The molecule has 5 nitrogen and oxygen atoms in total. The minimum absolute atomic E-state index is 0. The lowest BCUT2D eigenvalue weighted by Crippen LogP contribution is -2.29. The topological polar surface area (TPSA) is 79.5 Å². The van der Waals surface area contributed by atoms with Crippen molar-refractivity contribution in [2.75, 3.05) is 18.4 Å². The molecule has 1 aromatic carbocycles. The van der Waals surface area contributed by atoms with Gasteiger partial charge in [0, 0.05) is 18.7 Å². The number of benzene rings is 1. The SMILES string of the molecule is I.NC(=NCCNC(=O)CC1CCCC1)Nc1cccc2c1CCCC2. The van der Waals surface area contributed by atoms with Crippen molar-refractivity contribution in [1.29, 1.82) is 0 Å². The number of nitrogens with two attached hydrogens (primary N) is 1. The first-order valence-electron chi connectivity index (χ1n) is 9.67. The Bertz CT molecular complexity index is 626. The number of fused-ring (bicyclic) bond motifs is 1. The average molecular weight is 470 g/mol. The molecule has 26 heavy (non-hydrogen) atoms. The minimum atomic E-state index is 0. The molecule has 2 aliphatic carbocycles. The lowest BCUT2D eigenvalue weighted by Gasteiger charge is -2.19. The Morgan fingerprint density at radius 1 is 1.15 bits per heavy atom. The first-order valence-corrected chi connectivity index (χ1v) is 9.67. The first-order chi connectivity index (χ1) is 12.2. The molecule has 2 aliphatic rings. The highest BCUT2D eigenvalue weighted by Gasteiger charge is 2.18. The summed E-state index contributed by atoms with van der Waals surface area (Å²) in [4.78, 5) is 16.2. The number of carbonyl (C=O) groups is 1. The number of carbonyl (C=O) groups excluding carboxylic acids is 1. The van der Waals surface area contributed by atoms with Crippen LogP contribution in [0.3, 0.4) is 0 Å². The Kier molecular flexibility index (Phi) is 8.68. The number of nitrogens with zero attached hydrogens (tertiary/aromatic N) is 1. The number of hydrogen-bond donors (Lipinski definition) is 3. The van der Waals surface area contributed by atoms with Gasteiger partial charge in [-0.3, -0.25) is 9.79 Å². The summed E-state index contributed by atoms with van der Waals surface area (Å²) in [6.07, 6.45) is 10.3. The van der Waals surface area contributed by atoms with Gasteiger partial charge in [-0.1, -0.05) is 25.0 Å². The quantitative estimate of drug-likeness (QED) is 0.257. The zero-order chi connectivity index (χ0) is 17.5. The molecule has 0 atom stereocenters. The van der Waals surface area contributed by atoms with Gasteiger partial charge in [0.1, 0.15) is 0 Å². The van der Waals surface area contributed by atoms with E-state index in [1.165, 1.54) is 49.7 Å². The number of rotatable bonds is 6. The molecule has 144 valence electrons. The van der Waals surface area contributed by atoms with Crippen LogP contribution in [0.4, 0.5) is 5.69 Å². The Balaban J connectivity index is 0.00000243. The third kappa shape index (κ3) is 6.14. The van der Waals surface area contributed by atoms with E-state index in [1.54, 1.807) is 0 Å². The predicted octanol–water partition coefficient (Wildman–Crippen LogP) is 3.61. The van der Waals surface area contributed by atoms with Gasteiger partial charge in [-0.25, -0.2) is 0 Å². The maximum absolute atomic E-state index is 11.9. The smallest absolute Gasteiger partial charge is 0.220 e. The maximum Gasteiger partial charge on any atom is 0.220 e. The van der Waals surface area contributed by atoms with Crippen LogP contribution in [-0.2, 0) is 17.6 Å². The molecule has 1 fully saturated rings. The van der Waals surface area contributed by atoms with E-state index >= 15 is 0 Å². The van der Waals surface area contributed by atoms with Crippen molar-refractivity contribution in [3.05, 3.63) is 29.3 Å². The number of aryl methyl sites for hydroxylation is 1. The molecule has 6 heteroatoms. The van der Waals surface area contributed by atoms with Crippen LogP contribution in [0.15, 0.2) is 23.2 Å². The molecular weight excluding hydrogens is 439 g/mol. The number of aliphatic imine (C=N–C) groups is 1. The van der Waals surface area contributed by atoms with Gasteiger partial charge in [-0.2, -0.15) is 0 Å². The molecule has 0 saturated heterocycles. The standard InChI is InChI=1S/C20H30N4O.HI/c21-20(23-13-12-22-19(25)14-15-6-1-2-7-15)24-18-11-5-9-16-8-3-4-10-17(16)18;/h5,9,11,15H,1-4,6-8,10,12-14H2,(H,22,25)(H3,21,23,24);1H. The Labute approximate surface area is 173 Å². The fourth-order valence-corrected chi connectivity index (χ4v) is 4.00. The number of nitrogens with one attached hydrogen (secondary N) is 2. The van der Waals surface area contributed by atoms with Gasteiger partial charge in [-0.15, -0.1) is 24.0 Å². The van der Waals surface area contributed by atoms with Crippen LogP contribution < -0.4 is 16.4 Å². The van der Waals surface area contributed by atoms with Crippen molar-refractivity contribution < 1.29 is 4.79 Å². The van der Waals surface area contributed by atoms with Crippen LogP contribution in [0.1, 0.15) is 56.1 Å². The van der Waals surface area contributed by atoms with Gasteiger partial charge in [0.15, 0.2) is 5.96 Å². The molecule has 1 aromatic rings. The normalized spacial score (nSPS) is 17.3. The van der Waals surface area contributed by atoms with Crippen molar-refractivity contribution in [3.8, 4) is 0 Å². The van der Waals surface area contributed by atoms with Gasteiger partial charge in [0.25, 0.3) is 0 Å². The maximum atomic E-state index is 11.9. The van der Waals surface area contributed by atoms with Crippen LogP contribution in [0.5, 0.6) is 0 Å². The monoisotopic (exact) mass is 470 g/mol. The van der Waals surface area contributed by atoms with E-state index in [1.807, 2.05) is 0 Å². The molecule has 0 aromatic heterocycles. The zero-order valence-electron chi connectivity index (χ0n) is 15.4. The number of hydrogen-bond acceptors (Lipinski definition) is 2. The highest BCUT2D eigenvalue weighted by molar-refractivity contribution is 14.0. The number of amides is 1. The van der Waals surface area contributed by atoms with Crippen molar-refractivity contribution in [2.24, 2.45) is 16.6 Å². The van der Waals surface area contributed by atoms with E-state index in [4.69, 9.17) is 5.73 Å². The van der Waals surface area contributed by atoms with E-state index in [0.29, 0.717) is 31.4 Å². The van der Waals surface area contributed by atoms with E-state index in [-0.39, 0.29) is 29.9 Å². The molecule has 1 amide bonds. The zero-order valence-corrected chi connectivity index (χ0v) is 17.8. The molecule has 0 aliphatic heterocycles. The second kappa shape index (κ2) is 10.7. The number of guanidine groups is 1. The number of halogens is 1. The fourth-order valence-electron chi connectivity index (χ4n) is 4.00. The summed E-state index contributed by atoms with van der Waals surface area (Å²) < 4.78 is 0. The molecule has 0 bridgehead atoms. The number of anilines is 1.